The zero-order valence-corrected chi connectivity index (χ0v) is 8.45. The summed E-state index contributed by atoms with van der Waals surface area (Å²) in [6.07, 6.45) is 3.95. The van der Waals surface area contributed by atoms with Crippen LogP contribution in [0.15, 0.2) is 0 Å². The first-order valence-corrected chi connectivity index (χ1v) is 5.18. The lowest BCUT2D eigenvalue weighted by atomic mass is 9.83. The molecule has 72 valence electrons. The Hall–Kier alpha value is -0.0800. The van der Waals surface area contributed by atoms with Crippen LogP contribution in [0.1, 0.15) is 33.1 Å². The number of nitrogens with one attached hydrogen (secondary N) is 2. The van der Waals surface area contributed by atoms with Gasteiger partial charge in [-0.2, -0.15) is 0 Å². The van der Waals surface area contributed by atoms with Crippen molar-refractivity contribution >= 4 is 0 Å². The second kappa shape index (κ2) is 4.83. The Morgan fingerprint density at radius 2 is 2.33 bits per heavy atom. The van der Waals surface area contributed by atoms with Gasteiger partial charge in [-0.3, -0.25) is 0 Å². The summed E-state index contributed by atoms with van der Waals surface area (Å²) < 4.78 is 0. The van der Waals surface area contributed by atoms with Gasteiger partial charge >= 0.3 is 0 Å². The Bertz CT molecular complexity index is 117. The maximum Gasteiger partial charge on any atom is 0.00173 e. The third-order valence-electron chi connectivity index (χ3n) is 2.66. The molecule has 2 N–H and O–H groups in total. The molecule has 0 radical (unpaired) electrons. The summed E-state index contributed by atoms with van der Waals surface area (Å²) in [4.78, 5) is 0. The van der Waals surface area contributed by atoms with Crippen molar-refractivity contribution in [3.63, 3.8) is 0 Å². The molecule has 1 aliphatic heterocycles. The van der Waals surface area contributed by atoms with Gasteiger partial charge in [0.15, 0.2) is 0 Å². The Morgan fingerprint density at radius 1 is 1.50 bits per heavy atom. The maximum atomic E-state index is 3.51. The molecule has 1 atom stereocenters. The molecule has 0 aromatic rings. The normalized spacial score (nSPS) is 30.5. The highest BCUT2D eigenvalue weighted by atomic mass is 14.9. The average Bonchev–Trinajstić information content (AvgIpc) is 2.06. The Kier molecular flexibility index (Phi) is 4.02. The molecule has 0 aromatic heterocycles. The molecule has 0 aliphatic carbocycles. The largest absolute Gasteiger partial charge is 0.316 e. The monoisotopic (exact) mass is 170 g/mol. The Labute approximate surface area is 76.1 Å². The van der Waals surface area contributed by atoms with Crippen molar-refractivity contribution in [3.8, 4) is 0 Å². The second-order valence-electron chi connectivity index (χ2n) is 4.27. The van der Waals surface area contributed by atoms with E-state index in [4.69, 9.17) is 0 Å². The van der Waals surface area contributed by atoms with Gasteiger partial charge in [0.1, 0.15) is 0 Å². The quantitative estimate of drug-likeness (QED) is 0.623. The van der Waals surface area contributed by atoms with Crippen molar-refractivity contribution in [1.29, 1.82) is 0 Å². The molecule has 1 rings (SSSR count). The predicted molar refractivity (Wildman–Crippen MR) is 53.4 cm³/mol. The minimum Gasteiger partial charge on any atom is -0.316 e. The van der Waals surface area contributed by atoms with E-state index in [2.05, 4.69) is 24.5 Å². The van der Waals surface area contributed by atoms with E-state index in [1.807, 2.05) is 0 Å². The van der Waals surface area contributed by atoms with Crippen molar-refractivity contribution in [3.05, 3.63) is 0 Å². The Balaban J connectivity index is 2.17. The molecule has 0 bridgehead atoms. The molecule has 1 fully saturated rings. The summed E-state index contributed by atoms with van der Waals surface area (Å²) in [5, 5.41) is 6.97. The SMILES string of the molecule is CCCNCC1(C)CCCNC1. The van der Waals surface area contributed by atoms with Crippen LogP contribution in [0.25, 0.3) is 0 Å². The van der Waals surface area contributed by atoms with Gasteiger partial charge in [-0.15, -0.1) is 0 Å². The first-order chi connectivity index (χ1) is 5.77. The highest BCUT2D eigenvalue weighted by molar-refractivity contribution is 4.82. The molecular formula is C10H22N2. The van der Waals surface area contributed by atoms with Crippen molar-refractivity contribution in [2.24, 2.45) is 5.41 Å². The lowest BCUT2D eigenvalue weighted by Gasteiger charge is -2.34. The van der Waals surface area contributed by atoms with Crippen LogP contribution in [0.5, 0.6) is 0 Å². The van der Waals surface area contributed by atoms with Gasteiger partial charge in [0.25, 0.3) is 0 Å². The Morgan fingerprint density at radius 3 is 2.92 bits per heavy atom. The zero-order valence-electron chi connectivity index (χ0n) is 8.45. The molecule has 1 aliphatic rings. The molecule has 2 nitrogen and oxygen atoms in total. The fourth-order valence-corrected chi connectivity index (χ4v) is 1.84. The third-order valence-corrected chi connectivity index (χ3v) is 2.66. The van der Waals surface area contributed by atoms with E-state index in [9.17, 15) is 0 Å². The highest BCUT2D eigenvalue weighted by Gasteiger charge is 2.25. The van der Waals surface area contributed by atoms with Crippen molar-refractivity contribution in [1.82, 2.24) is 10.6 Å². The number of hydrogen-bond acceptors (Lipinski definition) is 2. The van der Waals surface area contributed by atoms with E-state index in [1.54, 1.807) is 0 Å². The van der Waals surface area contributed by atoms with E-state index < -0.39 is 0 Å². The standard InChI is InChI=1S/C10H22N2/c1-3-6-11-8-10(2)5-4-7-12-9-10/h11-12H,3-9H2,1-2H3. The fourth-order valence-electron chi connectivity index (χ4n) is 1.84. The van der Waals surface area contributed by atoms with Crippen molar-refractivity contribution in [2.45, 2.75) is 33.1 Å². The van der Waals surface area contributed by atoms with Crippen molar-refractivity contribution < 1.29 is 0 Å². The predicted octanol–water partition coefficient (Wildman–Crippen LogP) is 1.38. The van der Waals surface area contributed by atoms with E-state index >= 15 is 0 Å². The van der Waals surface area contributed by atoms with Crippen LogP contribution in [0.3, 0.4) is 0 Å². The molecular weight excluding hydrogens is 148 g/mol. The molecule has 0 spiro atoms. The van der Waals surface area contributed by atoms with Crippen LogP contribution in [0.4, 0.5) is 0 Å². The van der Waals surface area contributed by atoms with Gasteiger partial charge in [-0.05, 0) is 37.8 Å². The zero-order chi connectivity index (χ0) is 8.86. The maximum absolute atomic E-state index is 3.51. The number of piperidine rings is 1. The van der Waals surface area contributed by atoms with E-state index in [0.717, 1.165) is 6.54 Å². The molecule has 2 heteroatoms. The molecule has 1 saturated heterocycles. The summed E-state index contributed by atoms with van der Waals surface area (Å²) in [5.74, 6) is 0. The van der Waals surface area contributed by atoms with Gasteiger partial charge in [0, 0.05) is 13.1 Å². The third kappa shape index (κ3) is 3.11. The molecule has 0 amide bonds. The van der Waals surface area contributed by atoms with Gasteiger partial charge in [-0.25, -0.2) is 0 Å². The van der Waals surface area contributed by atoms with Gasteiger partial charge < -0.3 is 10.6 Å². The first-order valence-electron chi connectivity index (χ1n) is 5.18. The number of hydrogen-bond donors (Lipinski definition) is 2. The smallest absolute Gasteiger partial charge is 0.00173 e. The lowest BCUT2D eigenvalue weighted by Crippen LogP contribution is -2.44. The molecule has 12 heavy (non-hydrogen) atoms. The highest BCUT2D eigenvalue weighted by Crippen LogP contribution is 2.23. The van der Waals surface area contributed by atoms with Crippen molar-refractivity contribution in [2.75, 3.05) is 26.2 Å². The van der Waals surface area contributed by atoms with Crippen LogP contribution < -0.4 is 10.6 Å². The minimum atomic E-state index is 0.507. The van der Waals surface area contributed by atoms with Crippen LogP contribution >= 0.6 is 0 Å². The van der Waals surface area contributed by atoms with Crippen LogP contribution in [-0.2, 0) is 0 Å². The van der Waals surface area contributed by atoms with Crippen LogP contribution in [-0.4, -0.2) is 26.2 Å². The van der Waals surface area contributed by atoms with Crippen LogP contribution in [0, 0.1) is 5.41 Å². The summed E-state index contributed by atoms with van der Waals surface area (Å²) in [6, 6.07) is 0. The number of rotatable bonds is 4. The average molecular weight is 170 g/mol. The molecule has 1 heterocycles. The topological polar surface area (TPSA) is 24.1 Å². The molecule has 0 saturated carbocycles. The second-order valence-corrected chi connectivity index (χ2v) is 4.27. The van der Waals surface area contributed by atoms with E-state index in [-0.39, 0.29) is 0 Å². The first kappa shape index (κ1) is 10.0. The van der Waals surface area contributed by atoms with Gasteiger partial charge in [-0.1, -0.05) is 13.8 Å². The summed E-state index contributed by atoms with van der Waals surface area (Å²) >= 11 is 0. The van der Waals surface area contributed by atoms with Crippen LogP contribution in [0.2, 0.25) is 0 Å². The van der Waals surface area contributed by atoms with Gasteiger partial charge in [0.2, 0.25) is 0 Å². The van der Waals surface area contributed by atoms with Gasteiger partial charge in [0.05, 0.1) is 0 Å². The van der Waals surface area contributed by atoms with E-state index in [1.165, 1.54) is 38.9 Å². The fraction of sp³-hybridized carbons (Fsp3) is 1.00. The lowest BCUT2D eigenvalue weighted by molar-refractivity contribution is 0.227. The summed E-state index contributed by atoms with van der Waals surface area (Å²) in [6.45, 7) is 9.33. The molecule has 1 unspecified atom stereocenters. The molecule has 0 aromatic carbocycles. The van der Waals surface area contributed by atoms with E-state index in [0.29, 0.717) is 5.41 Å². The minimum absolute atomic E-state index is 0.507. The summed E-state index contributed by atoms with van der Waals surface area (Å²) in [7, 11) is 0. The summed E-state index contributed by atoms with van der Waals surface area (Å²) in [5.41, 5.74) is 0.507.